The highest BCUT2D eigenvalue weighted by atomic mass is 35.5. The van der Waals surface area contributed by atoms with E-state index in [4.69, 9.17) is 21.1 Å². The first-order chi connectivity index (χ1) is 14.1. The molecule has 0 aliphatic rings. The maximum absolute atomic E-state index is 13.1. The van der Waals surface area contributed by atoms with Crippen molar-refractivity contribution in [2.75, 3.05) is 13.2 Å². The van der Waals surface area contributed by atoms with Crippen molar-refractivity contribution in [3.8, 4) is 11.5 Å². The first kappa shape index (κ1) is 26.5. The van der Waals surface area contributed by atoms with E-state index >= 15 is 0 Å². The first-order valence-electron chi connectivity index (χ1n) is 10.7. The standard InChI is InChI=1S/C24H33ClFNO2.ClH/c1-3-5-6-7-8-9-14-27-17-20-15-22(25)24(23(16-20)28-4-2)29-18-19-10-12-21(26)13-11-19;/h10-13,15-16,27H,3-9,14,17-18H2,1-2H3;1H. The fraction of sp³-hybridized carbons (Fsp3) is 0.500. The maximum atomic E-state index is 13.1. The monoisotopic (exact) mass is 457 g/mol. The minimum absolute atomic E-state index is 0. The van der Waals surface area contributed by atoms with Crippen molar-refractivity contribution in [3.05, 3.63) is 58.4 Å². The zero-order valence-corrected chi connectivity index (χ0v) is 19.6. The lowest BCUT2D eigenvalue weighted by Crippen LogP contribution is -2.15. The third-order valence-electron chi connectivity index (χ3n) is 4.70. The summed E-state index contributed by atoms with van der Waals surface area (Å²) >= 11 is 6.48. The van der Waals surface area contributed by atoms with Crippen LogP contribution in [0.1, 0.15) is 63.5 Å². The van der Waals surface area contributed by atoms with Crippen LogP contribution in [0.15, 0.2) is 36.4 Å². The molecule has 168 valence electrons. The second-order valence-electron chi connectivity index (χ2n) is 7.20. The van der Waals surface area contributed by atoms with Crippen LogP contribution in [0, 0.1) is 5.82 Å². The average molecular weight is 458 g/mol. The topological polar surface area (TPSA) is 30.5 Å². The summed E-state index contributed by atoms with van der Waals surface area (Å²) in [6.07, 6.45) is 7.73. The van der Waals surface area contributed by atoms with Crippen LogP contribution < -0.4 is 14.8 Å². The second kappa shape index (κ2) is 15.3. The summed E-state index contributed by atoms with van der Waals surface area (Å²) in [7, 11) is 0. The van der Waals surface area contributed by atoms with Gasteiger partial charge in [0, 0.05) is 6.54 Å². The number of rotatable bonds is 14. The maximum Gasteiger partial charge on any atom is 0.180 e. The Morgan fingerprint density at radius 1 is 0.900 bits per heavy atom. The second-order valence-corrected chi connectivity index (χ2v) is 7.60. The number of benzene rings is 2. The summed E-state index contributed by atoms with van der Waals surface area (Å²) in [5.41, 5.74) is 1.94. The van der Waals surface area contributed by atoms with E-state index in [1.807, 2.05) is 19.1 Å². The van der Waals surface area contributed by atoms with Crippen molar-refractivity contribution < 1.29 is 13.9 Å². The average Bonchev–Trinajstić information content (AvgIpc) is 2.71. The lowest BCUT2D eigenvalue weighted by molar-refractivity contribution is 0.269. The molecule has 6 heteroatoms. The normalized spacial score (nSPS) is 10.5. The molecule has 0 unspecified atom stereocenters. The Balaban J connectivity index is 0.00000450. The molecule has 30 heavy (non-hydrogen) atoms. The summed E-state index contributed by atoms with van der Waals surface area (Å²) in [5.74, 6) is 0.899. The Kier molecular flexibility index (Phi) is 13.6. The molecular formula is C24H34Cl2FNO2. The molecule has 0 spiro atoms. The molecule has 1 N–H and O–H groups in total. The van der Waals surface area contributed by atoms with E-state index in [1.165, 1.54) is 50.7 Å². The van der Waals surface area contributed by atoms with Gasteiger partial charge < -0.3 is 14.8 Å². The number of ether oxygens (including phenoxy) is 2. The molecule has 3 nitrogen and oxygen atoms in total. The van der Waals surface area contributed by atoms with Crippen molar-refractivity contribution in [3.63, 3.8) is 0 Å². The number of hydrogen-bond donors (Lipinski definition) is 1. The number of halogens is 3. The predicted molar refractivity (Wildman–Crippen MR) is 126 cm³/mol. The van der Waals surface area contributed by atoms with Crippen LogP contribution in [-0.2, 0) is 13.2 Å². The minimum atomic E-state index is -0.264. The van der Waals surface area contributed by atoms with Gasteiger partial charge in [0.2, 0.25) is 0 Å². The molecule has 0 aliphatic heterocycles. The van der Waals surface area contributed by atoms with Crippen LogP contribution in [0.5, 0.6) is 11.5 Å². The summed E-state index contributed by atoms with van der Waals surface area (Å²) in [6, 6.07) is 10.1. The highest BCUT2D eigenvalue weighted by Crippen LogP contribution is 2.37. The van der Waals surface area contributed by atoms with Gasteiger partial charge in [0.05, 0.1) is 11.6 Å². The van der Waals surface area contributed by atoms with Gasteiger partial charge in [-0.05, 0) is 55.3 Å². The van der Waals surface area contributed by atoms with Crippen LogP contribution in [0.4, 0.5) is 4.39 Å². The van der Waals surface area contributed by atoms with Gasteiger partial charge in [0.25, 0.3) is 0 Å². The van der Waals surface area contributed by atoms with Gasteiger partial charge in [-0.25, -0.2) is 4.39 Å². The third kappa shape index (κ3) is 9.55. The Hall–Kier alpha value is -1.49. The molecule has 0 saturated heterocycles. The molecule has 2 rings (SSSR count). The minimum Gasteiger partial charge on any atom is -0.490 e. The molecule has 0 bridgehead atoms. The largest absolute Gasteiger partial charge is 0.490 e. The Morgan fingerprint density at radius 3 is 2.30 bits per heavy atom. The quantitative estimate of drug-likeness (QED) is 0.301. The molecule has 0 fully saturated rings. The zero-order valence-electron chi connectivity index (χ0n) is 18.0. The molecule has 2 aromatic rings. The molecule has 0 aliphatic carbocycles. The summed E-state index contributed by atoms with van der Waals surface area (Å²) in [4.78, 5) is 0. The van der Waals surface area contributed by atoms with E-state index in [0.717, 1.165) is 24.2 Å². The number of nitrogens with one attached hydrogen (secondary N) is 1. The van der Waals surface area contributed by atoms with E-state index in [0.29, 0.717) is 29.7 Å². The summed E-state index contributed by atoms with van der Waals surface area (Å²) in [5, 5.41) is 4.00. The van der Waals surface area contributed by atoms with Crippen LogP contribution in [0.25, 0.3) is 0 Å². The zero-order chi connectivity index (χ0) is 20.9. The molecule has 0 atom stereocenters. The van der Waals surface area contributed by atoms with Gasteiger partial charge in [0.1, 0.15) is 12.4 Å². The predicted octanol–water partition coefficient (Wildman–Crippen LogP) is 7.33. The Labute approximate surface area is 191 Å². The fourth-order valence-corrected chi connectivity index (χ4v) is 3.41. The van der Waals surface area contributed by atoms with E-state index in [2.05, 4.69) is 12.2 Å². The SMILES string of the molecule is CCCCCCCCNCc1cc(Cl)c(OCc2ccc(F)cc2)c(OCC)c1.Cl. The smallest absolute Gasteiger partial charge is 0.180 e. The van der Waals surface area contributed by atoms with E-state index in [-0.39, 0.29) is 18.2 Å². The van der Waals surface area contributed by atoms with Crippen molar-refractivity contribution in [2.45, 2.75) is 65.5 Å². The van der Waals surface area contributed by atoms with E-state index in [9.17, 15) is 4.39 Å². The first-order valence-corrected chi connectivity index (χ1v) is 11.0. The molecule has 0 amide bonds. The number of hydrogen-bond acceptors (Lipinski definition) is 3. The van der Waals surface area contributed by atoms with Crippen LogP contribution >= 0.6 is 24.0 Å². The van der Waals surface area contributed by atoms with Crippen molar-refractivity contribution in [1.29, 1.82) is 0 Å². The number of unbranched alkanes of at least 4 members (excludes halogenated alkanes) is 5. The molecular weight excluding hydrogens is 424 g/mol. The highest BCUT2D eigenvalue weighted by molar-refractivity contribution is 6.32. The van der Waals surface area contributed by atoms with Crippen LogP contribution in [-0.4, -0.2) is 13.2 Å². The summed E-state index contributed by atoms with van der Waals surface area (Å²) in [6.45, 7) is 6.74. The van der Waals surface area contributed by atoms with Gasteiger partial charge in [-0.1, -0.05) is 62.8 Å². The van der Waals surface area contributed by atoms with E-state index < -0.39 is 0 Å². The summed E-state index contributed by atoms with van der Waals surface area (Å²) < 4.78 is 24.7. The van der Waals surface area contributed by atoms with Crippen LogP contribution in [0.3, 0.4) is 0 Å². The molecule has 0 aromatic heterocycles. The lowest BCUT2D eigenvalue weighted by Gasteiger charge is -2.16. The van der Waals surface area contributed by atoms with Crippen molar-refractivity contribution >= 4 is 24.0 Å². The van der Waals surface area contributed by atoms with Crippen molar-refractivity contribution in [2.24, 2.45) is 0 Å². The van der Waals surface area contributed by atoms with Gasteiger partial charge >= 0.3 is 0 Å². The lowest BCUT2D eigenvalue weighted by atomic mass is 10.1. The van der Waals surface area contributed by atoms with Crippen molar-refractivity contribution in [1.82, 2.24) is 5.32 Å². The van der Waals surface area contributed by atoms with E-state index in [1.54, 1.807) is 12.1 Å². The molecule has 0 radical (unpaired) electrons. The Morgan fingerprint density at radius 2 is 1.60 bits per heavy atom. The highest BCUT2D eigenvalue weighted by Gasteiger charge is 2.13. The van der Waals surface area contributed by atoms with Crippen LogP contribution in [0.2, 0.25) is 5.02 Å². The van der Waals surface area contributed by atoms with Gasteiger partial charge in [-0.2, -0.15) is 0 Å². The molecule has 0 saturated carbocycles. The van der Waals surface area contributed by atoms with Gasteiger partial charge in [0.15, 0.2) is 11.5 Å². The third-order valence-corrected chi connectivity index (χ3v) is 4.98. The molecule has 0 heterocycles. The van der Waals surface area contributed by atoms with Gasteiger partial charge in [-0.3, -0.25) is 0 Å². The molecule has 2 aromatic carbocycles. The van der Waals surface area contributed by atoms with Gasteiger partial charge in [-0.15, -0.1) is 12.4 Å². The fourth-order valence-electron chi connectivity index (χ4n) is 3.13. The Bertz CT molecular complexity index is 726.